The molecule has 0 aliphatic heterocycles. The van der Waals surface area contributed by atoms with Crippen LogP contribution in [0.4, 0.5) is 22.0 Å². The Bertz CT molecular complexity index is 767. The van der Waals surface area contributed by atoms with Crippen LogP contribution in [0.25, 0.3) is 0 Å². The molecule has 7 nitrogen and oxygen atoms in total. The van der Waals surface area contributed by atoms with Gasteiger partial charge in [-0.3, -0.25) is 5.32 Å². The van der Waals surface area contributed by atoms with Crippen LogP contribution in [-0.4, -0.2) is 29.3 Å². The van der Waals surface area contributed by atoms with Crippen molar-refractivity contribution >= 4 is 29.3 Å². The molecule has 0 aliphatic rings. The summed E-state index contributed by atoms with van der Waals surface area (Å²) in [4.78, 5) is 28.0. The highest BCUT2D eigenvalue weighted by molar-refractivity contribution is 5.96. The van der Waals surface area contributed by atoms with E-state index >= 15 is 0 Å². The van der Waals surface area contributed by atoms with Gasteiger partial charge in [-0.1, -0.05) is 12.1 Å². The second-order valence-electron chi connectivity index (χ2n) is 6.45. The Hall–Kier alpha value is -3.09. The monoisotopic (exact) mass is 357 g/mol. The number of esters is 1. The average Bonchev–Trinajstić information content (AvgIpc) is 2.55. The van der Waals surface area contributed by atoms with Gasteiger partial charge in [0.1, 0.15) is 11.4 Å². The molecule has 0 aliphatic carbocycles. The minimum Gasteiger partial charge on any atom is -0.462 e. The van der Waals surface area contributed by atoms with Crippen LogP contribution in [0.1, 0.15) is 38.1 Å². The van der Waals surface area contributed by atoms with Crippen molar-refractivity contribution in [3.8, 4) is 0 Å². The predicted molar refractivity (Wildman–Crippen MR) is 99.8 cm³/mol. The fourth-order valence-corrected chi connectivity index (χ4v) is 2.08. The number of para-hydroxylation sites is 1. The number of hydrogen-bond acceptors (Lipinski definition) is 6. The fraction of sp³-hybridized carbons (Fsp3) is 0.316. The number of ether oxygens (including phenoxy) is 2. The van der Waals surface area contributed by atoms with Gasteiger partial charge >= 0.3 is 12.1 Å². The van der Waals surface area contributed by atoms with E-state index in [2.05, 4.69) is 15.6 Å². The van der Waals surface area contributed by atoms with Crippen LogP contribution in [0.3, 0.4) is 0 Å². The molecule has 1 amide bonds. The molecule has 2 N–H and O–H groups in total. The Morgan fingerprint density at radius 3 is 2.46 bits per heavy atom. The fourth-order valence-electron chi connectivity index (χ4n) is 2.08. The summed E-state index contributed by atoms with van der Waals surface area (Å²) in [5.74, 6) is 0.121. The molecule has 0 saturated carbocycles. The molecule has 1 aromatic carbocycles. The van der Waals surface area contributed by atoms with Crippen LogP contribution >= 0.6 is 0 Å². The van der Waals surface area contributed by atoms with Gasteiger partial charge in [0.05, 0.1) is 29.7 Å². The lowest BCUT2D eigenvalue weighted by atomic mass is 10.2. The number of nitrogens with zero attached hydrogens (tertiary/aromatic N) is 1. The van der Waals surface area contributed by atoms with Crippen molar-refractivity contribution in [1.29, 1.82) is 0 Å². The highest BCUT2D eigenvalue weighted by Gasteiger charge is 2.16. The maximum atomic E-state index is 12.0. The van der Waals surface area contributed by atoms with Crippen molar-refractivity contribution in [2.45, 2.75) is 33.3 Å². The van der Waals surface area contributed by atoms with Crippen molar-refractivity contribution in [3.05, 3.63) is 48.2 Å². The SMILES string of the molecule is CCOC(=O)c1ccccc1Nc1ccc(NC(=O)OC(C)(C)C)cn1. The highest BCUT2D eigenvalue weighted by atomic mass is 16.6. The quantitative estimate of drug-likeness (QED) is 0.773. The molecule has 26 heavy (non-hydrogen) atoms. The summed E-state index contributed by atoms with van der Waals surface area (Å²) >= 11 is 0. The van der Waals surface area contributed by atoms with E-state index in [0.29, 0.717) is 29.4 Å². The van der Waals surface area contributed by atoms with E-state index in [0.717, 1.165) is 0 Å². The number of rotatable bonds is 5. The number of nitrogens with one attached hydrogen (secondary N) is 2. The standard InChI is InChI=1S/C19H23N3O4/c1-5-25-17(23)14-8-6-7-9-15(14)22-16-11-10-13(12-20-16)21-18(24)26-19(2,3)4/h6-12H,5H2,1-4H3,(H,20,22)(H,21,24). The number of pyridine rings is 1. The second-order valence-corrected chi connectivity index (χ2v) is 6.45. The number of amides is 1. The van der Waals surface area contributed by atoms with Gasteiger partial charge in [0.15, 0.2) is 0 Å². The summed E-state index contributed by atoms with van der Waals surface area (Å²) in [6, 6.07) is 10.4. The molecule has 2 aromatic rings. The molecule has 7 heteroatoms. The van der Waals surface area contributed by atoms with E-state index in [4.69, 9.17) is 9.47 Å². The summed E-state index contributed by atoms with van der Waals surface area (Å²) in [6.07, 6.45) is 0.951. The van der Waals surface area contributed by atoms with E-state index in [1.165, 1.54) is 6.20 Å². The van der Waals surface area contributed by atoms with Gasteiger partial charge in [-0.25, -0.2) is 14.6 Å². The van der Waals surface area contributed by atoms with Gasteiger partial charge in [0, 0.05) is 0 Å². The third-order valence-corrected chi connectivity index (χ3v) is 3.09. The molecule has 1 aromatic heterocycles. The molecule has 0 saturated heterocycles. The third kappa shape index (κ3) is 5.77. The number of carbonyl (C=O) groups is 2. The van der Waals surface area contributed by atoms with Crippen molar-refractivity contribution in [3.63, 3.8) is 0 Å². The van der Waals surface area contributed by atoms with Gasteiger partial charge in [-0.05, 0) is 52.0 Å². The van der Waals surface area contributed by atoms with Crippen molar-refractivity contribution in [1.82, 2.24) is 4.98 Å². The van der Waals surface area contributed by atoms with Gasteiger partial charge in [0.25, 0.3) is 0 Å². The lowest BCUT2D eigenvalue weighted by Crippen LogP contribution is -2.27. The first-order valence-electron chi connectivity index (χ1n) is 8.27. The molecular formula is C19H23N3O4. The van der Waals surface area contributed by atoms with E-state index in [1.54, 1.807) is 58.0 Å². The van der Waals surface area contributed by atoms with Crippen LogP contribution in [0.5, 0.6) is 0 Å². The molecule has 0 spiro atoms. The molecule has 0 bridgehead atoms. The lowest BCUT2D eigenvalue weighted by Gasteiger charge is -2.19. The number of anilines is 3. The normalized spacial score (nSPS) is 10.8. The summed E-state index contributed by atoms with van der Waals surface area (Å²) in [7, 11) is 0. The molecule has 0 atom stereocenters. The third-order valence-electron chi connectivity index (χ3n) is 3.09. The Morgan fingerprint density at radius 2 is 1.85 bits per heavy atom. The van der Waals surface area contributed by atoms with E-state index in [1.807, 2.05) is 6.07 Å². The van der Waals surface area contributed by atoms with E-state index in [9.17, 15) is 9.59 Å². The van der Waals surface area contributed by atoms with Crippen LogP contribution in [-0.2, 0) is 9.47 Å². The number of aromatic nitrogens is 1. The summed E-state index contributed by atoms with van der Waals surface area (Å²) in [6.45, 7) is 7.43. The largest absolute Gasteiger partial charge is 0.462 e. The Balaban J connectivity index is 2.06. The van der Waals surface area contributed by atoms with Gasteiger partial charge in [-0.2, -0.15) is 0 Å². The van der Waals surface area contributed by atoms with Crippen LogP contribution in [0, 0.1) is 0 Å². The minimum atomic E-state index is -0.574. The van der Waals surface area contributed by atoms with Crippen molar-refractivity contribution in [2.24, 2.45) is 0 Å². The van der Waals surface area contributed by atoms with Gasteiger partial charge in [-0.15, -0.1) is 0 Å². The number of benzene rings is 1. The van der Waals surface area contributed by atoms with Gasteiger partial charge in [0.2, 0.25) is 0 Å². The summed E-state index contributed by atoms with van der Waals surface area (Å²) in [5.41, 5.74) is 0.942. The van der Waals surface area contributed by atoms with Gasteiger partial charge < -0.3 is 14.8 Å². The maximum absolute atomic E-state index is 12.0. The van der Waals surface area contributed by atoms with Crippen LogP contribution in [0.2, 0.25) is 0 Å². The average molecular weight is 357 g/mol. The van der Waals surface area contributed by atoms with E-state index in [-0.39, 0.29) is 0 Å². The zero-order chi connectivity index (χ0) is 19.2. The van der Waals surface area contributed by atoms with Crippen LogP contribution in [0.15, 0.2) is 42.6 Å². The first-order valence-corrected chi connectivity index (χ1v) is 8.27. The molecule has 0 unspecified atom stereocenters. The summed E-state index contributed by atoms with van der Waals surface area (Å²) < 4.78 is 10.2. The second kappa shape index (κ2) is 8.33. The lowest BCUT2D eigenvalue weighted by molar-refractivity contribution is 0.0526. The minimum absolute atomic E-state index is 0.302. The molecule has 0 radical (unpaired) electrons. The topological polar surface area (TPSA) is 89.6 Å². The molecule has 2 rings (SSSR count). The molecule has 1 heterocycles. The molecular weight excluding hydrogens is 334 g/mol. The summed E-state index contributed by atoms with van der Waals surface area (Å²) in [5, 5.41) is 5.69. The van der Waals surface area contributed by atoms with Crippen LogP contribution < -0.4 is 10.6 Å². The van der Waals surface area contributed by atoms with Crippen molar-refractivity contribution in [2.75, 3.05) is 17.2 Å². The predicted octanol–water partition coefficient (Wildman–Crippen LogP) is 4.35. The highest BCUT2D eigenvalue weighted by Crippen LogP contribution is 2.21. The zero-order valence-corrected chi connectivity index (χ0v) is 15.3. The maximum Gasteiger partial charge on any atom is 0.412 e. The van der Waals surface area contributed by atoms with Crippen molar-refractivity contribution < 1.29 is 19.1 Å². The smallest absolute Gasteiger partial charge is 0.412 e. The number of carbonyl (C=O) groups excluding carboxylic acids is 2. The Morgan fingerprint density at radius 1 is 1.12 bits per heavy atom. The first-order chi connectivity index (χ1) is 12.3. The molecule has 0 fully saturated rings. The molecule has 138 valence electrons. The Kier molecular flexibility index (Phi) is 6.16. The zero-order valence-electron chi connectivity index (χ0n) is 15.3. The van der Waals surface area contributed by atoms with E-state index < -0.39 is 17.7 Å². The Labute approximate surface area is 152 Å². The number of hydrogen-bond donors (Lipinski definition) is 2. The first kappa shape index (κ1) is 19.2.